The van der Waals surface area contributed by atoms with E-state index >= 15 is 0 Å². The molecule has 0 aliphatic carbocycles. The zero-order valence-corrected chi connectivity index (χ0v) is 20.2. The van der Waals surface area contributed by atoms with Crippen LogP contribution < -0.4 is 14.8 Å². The van der Waals surface area contributed by atoms with Gasteiger partial charge in [-0.25, -0.2) is 0 Å². The third-order valence-electron chi connectivity index (χ3n) is 5.51. The summed E-state index contributed by atoms with van der Waals surface area (Å²) in [4.78, 5) is 7.02. The number of ether oxygens (including phenoxy) is 2. The van der Waals surface area contributed by atoms with E-state index < -0.39 is 5.60 Å². The highest BCUT2D eigenvalue weighted by atomic mass is 127. The third kappa shape index (κ3) is 6.40. The number of hydrogen-bond acceptors (Lipinski definition) is 4. The maximum absolute atomic E-state index is 10.6. The van der Waals surface area contributed by atoms with Gasteiger partial charge in [0.25, 0.3) is 0 Å². The Morgan fingerprint density at radius 1 is 1.18 bits per heavy atom. The molecular weight excluding hydrogens is 469 g/mol. The van der Waals surface area contributed by atoms with E-state index in [1.165, 1.54) is 5.56 Å². The molecule has 2 N–H and O–H groups in total. The van der Waals surface area contributed by atoms with Crippen molar-refractivity contribution < 1.29 is 14.6 Å². The maximum atomic E-state index is 10.6. The van der Waals surface area contributed by atoms with E-state index in [2.05, 4.69) is 29.3 Å². The lowest BCUT2D eigenvalue weighted by molar-refractivity contribution is 0.0416. The minimum atomic E-state index is -0.722. The Balaban J connectivity index is 0.00000392. The molecule has 6 nitrogen and oxygen atoms in total. The van der Waals surface area contributed by atoms with Gasteiger partial charge in [-0.05, 0) is 43.9 Å². The normalized spacial score (nSPS) is 17.3. The van der Waals surface area contributed by atoms with Crippen LogP contribution in [0.15, 0.2) is 23.2 Å². The van der Waals surface area contributed by atoms with Crippen LogP contribution in [0.3, 0.4) is 0 Å². The fourth-order valence-electron chi connectivity index (χ4n) is 3.41. The van der Waals surface area contributed by atoms with Gasteiger partial charge >= 0.3 is 0 Å². The van der Waals surface area contributed by atoms with Gasteiger partial charge in [0.05, 0.1) is 26.4 Å². The molecule has 0 radical (unpaired) electrons. The maximum Gasteiger partial charge on any atom is 0.194 e. The number of guanidine groups is 1. The van der Waals surface area contributed by atoms with Crippen molar-refractivity contribution in [1.82, 2.24) is 10.2 Å². The molecule has 0 aromatic heterocycles. The number of hydrogen-bond donors (Lipinski definition) is 2. The van der Waals surface area contributed by atoms with Crippen molar-refractivity contribution in [3.63, 3.8) is 0 Å². The molecule has 1 aromatic carbocycles. The molecule has 1 saturated heterocycles. The lowest BCUT2D eigenvalue weighted by Crippen LogP contribution is -2.41. The molecule has 1 unspecified atom stereocenters. The number of halogens is 1. The van der Waals surface area contributed by atoms with Crippen LogP contribution in [-0.4, -0.2) is 62.0 Å². The molecule has 0 bridgehead atoms. The monoisotopic (exact) mass is 505 g/mol. The number of aliphatic imine (C=N–C) groups is 1. The predicted molar refractivity (Wildman–Crippen MR) is 125 cm³/mol. The second kappa shape index (κ2) is 11.7. The van der Waals surface area contributed by atoms with Crippen LogP contribution >= 0.6 is 24.0 Å². The van der Waals surface area contributed by atoms with Gasteiger partial charge in [-0.2, -0.15) is 0 Å². The summed E-state index contributed by atoms with van der Waals surface area (Å²) in [5.41, 5.74) is 0.503. The topological polar surface area (TPSA) is 66.3 Å². The third-order valence-corrected chi connectivity index (χ3v) is 5.51. The predicted octanol–water partition coefficient (Wildman–Crippen LogP) is 3.63. The van der Waals surface area contributed by atoms with E-state index in [4.69, 9.17) is 14.5 Å². The zero-order valence-electron chi connectivity index (χ0n) is 17.8. The summed E-state index contributed by atoms with van der Waals surface area (Å²) in [6.07, 6.45) is 2.46. The Bertz CT molecular complexity index is 613. The Labute approximate surface area is 186 Å². The van der Waals surface area contributed by atoms with Crippen LogP contribution in [0.4, 0.5) is 0 Å². The second-order valence-electron chi connectivity index (χ2n) is 7.18. The number of methoxy groups -OCH3 is 2. The van der Waals surface area contributed by atoms with Crippen molar-refractivity contribution in [3.8, 4) is 11.5 Å². The highest BCUT2D eigenvalue weighted by Crippen LogP contribution is 2.33. The average Bonchev–Trinajstić information content (AvgIpc) is 3.20. The van der Waals surface area contributed by atoms with Crippen LogP contribution in [0.25, 0.3) is 0 Å². The summed E-state index contributed by atoms with van der Waals surface area (Å²) >= 11 is 0. The van der Waals surface area contributed by atoms with E-state index in [1.54, 1.807) is 14.2 Å². The van der Waals surface area contributed by atoms with Crippen LogP contribution in [0.5, 0.6) is 11.5 Å². The molecule has 2 rings (SSSR count). The van der Waals surface area contributed by atoms with Crippen molar-refractivity contribution in [2.75, 3.05) is 40.4 Å². The zero-order chi connectivity index (χ0) is 19.9. The van der Waals surface area contributed by atoms with E-state index in [1.807, 2.05) is 19.9 Å². The number of rotatable bonds is 8. The van der Waals surface area contributed by atoms with Crippen molar-refractivity contribution >= 4 is 29.9 Å². The lowest BCUT2D eigenvalue weighted by atomic mass is 9.98. The van der Waals surface area contributed by atoms with Crippen molar-refractivity contribution in [3.05, 3.63) is 23.8 Å². The van der Waals surface area contributed by atoms with Crippen LogP contribution in [-0.2, 0) is 0 Å². The second-order valence-corrected chi connectivity index (χ2v) is 7.18. The van der Waals surface area contributed by atoms with E-state index in [9.17, 15) is 5.11 Å². The molecule has 0 saturated carbocycles. The van der Waals surface area contributed by atoms with Crippen LogP contribution in [0.1, 0.15) is 51.5 Å². The molecule has 7 heteroatoms. The van der Waals surface area contributed by atoms with Gasteiger partial charge in [-0.1, -0.05) is 13.8 Å². The Morgan fingerprint density at radius 3 is 2.29 bits per heavy atom. The summed E-state index contributed by atoms with van der Waals surface area (Å²) in [5, 5.41) is 13.9. The number of aliphatic hydroxyl groups is 1. The smallest absolute Gasteiger partial charge is 0.194 e. The average molecular weight is 505 g/mol. The summed E-state index contributed by atoms with van der Waals surface area (Å²) in [6.45, 7) is 9.15. The Kier molecular flexibility index (Phi) is 10.4. The molecular formula is C21H36IN3O3. The van der Waals surface area contributed by atoms with Gasteiger partial charge in [0.15, 0.2) is 5.96 Å². The van der Waals surface area contributed by atoms with Crippen molar-refractivity contribution in [1.29, 1.82) is 0 Å². The number of nitrogens with zero attached hydrogens (tertiary/aromatic N) is 2. The highest BCUT2D eigenvalue weighted by molar-refractivity contribution is 14.0. The minimum absolute atomic E-state index is 0. The minimum Gasteiger partial charge on any atom is -0.497 e. The van der Waals surface area contributed by atoms with Gasteiger partial charge < -0.3 is 24.8 Å². The van der Waals surface area contributed by atoms with Crippen LogP contribution in [0.2, 0.25) is 0 Å². The molecule has 28 heavy (non-hydrogen) atoms. The van der Waals surface area contributed by atoms with E-state index in [0.29, 0.717) is 25.3 Å². The first-order chi connectivity index (χ1) is 13.0. The van der Waals surface area contributed by atoms with Crippen molar-refractivity contribution in [2.45, 2.75) is 51.6 Å². The highest BCUT2D eigenvalue weighted by Gasteiger charge is 2.28. The molecule has 1 aliphatic heterocycles. The van der Waals surface area contributed by atoms with Crippen molar-refractivity contribution in [2.24, 2.45) is 4.99 Å². The fraction of sp³-hybridized carbons (Fsp3) is 0.667. The molecule has 160 valence electrons. The Morgan fingerprint density at radius 2 is 1.79 bits per heavy atom. The molecule has 1 aromatic rings. The molecule has 1 atom stereocenters. The lowest BCUT2D eigenvalue weighted by Gasteiger charge is -2.26. The largest absolute Gasteiger partial charge is 0.497 e. The summed E-state index contributed by atoms with van der Waals surface area (Å²) in [6, 6.07) is 6.08. The summed E-state index contributed by atoms with van der Waals surface area (Å²) in [5.74, 6) is 2.92. The summed E-state index contributed by atoms with van der Waals surface area (Å²) < 4.78 is 10.8. The van der Waals surface area contributed by atoms with E-state index in [0.717, 1.165) is 43.5 Å². The van der Waals surface area contributed by atoms with Gasteiger partial charge in [-0.3, -0.25) is 4.99 Å². The standard InChI is InChI=1S/C21H35N3O3.HI/c1-6-21(25,7-2)15-23-20(22-8-3)24-10-9-16(14-24)17-11-18(26-4)13-19(12-17)27-5;/h11-13,16,25H,6-10,14-15H2,1-5H3,(H,22,23);1H. The first-order valence-corrected chi connectivity index (χ1v) is 9.97. The van der Waals surface area contributed by atoms with Crippen LogP contribution in [0, 0.1) is 0 Å². The van der Waals surface area contributed by atoms with Gasteiger partial charge in [0, 0.05) is 31.6 Å². The fourth-order valence-corrected chi connectivity index (χ4v) is 3.41. The Hall–Kier alpha value is -1.22. The summed E-state index contributed by atoms with van der Waals surface area (Å²) in [7, 11) is 3.36. The van der Waals surface area contributed by atoms with E-state index in [-0.39, 0.29) is 24.0 Å². The molecule has 0 amide bonds. The SMILES string of the molecule is CCNC(=NCC(O)(CC)CC)N1CCC(c2cc(OC)cc(OC)c2)C1.I. The molecule has 1 fully saturated rings. The first-order valence-electron chi connectivity index (χ1n) is 9.97. The quantitative estimate of drug-likeness (QED) is 0.321. The number of likely N-dealkylation sites (tertiary alicyclic amines) is 1. The van der Waals surface area contributed by atoms with Gasteiger partial charge in [0.2, 0.25) is 0 Å². The van der Waals surface area contributed by atoms with Gasteiger partial charge in [0.1, 0.15) is 11.5 Å². The molecule has 0 spiro atoms. The number of benzene rings is 1. The van der Waals surface area contributed by atoms with Gasteiger partial charge in [-0.15, -0.1) is 24.0 Å². The number of nitrogens with one attached hydrogen (secondary N) is 1. The molecule has 1 aliphatic rings. The first kappa shape index (κ1) is 24.8. The molecule has 1 heterocycles.